The van der Waals surface area contributed by atoms with Crippen molar-refractivity contribution in [2.45, 2.75) is 37.8 Å². The van der Waals surface area contributed by atoms with Crippen molar-refractivity contribution in [1.82, 2.24) is 0 Å². The van der Waals surface area contributed by atoms with Crippen LogP contribution in [0.2, 0.25) is 0 Å². The van der Waals surface area contributed by atoms with Gasteiger partial charge >= 0.3 is 0 Å². The predicted molar refractivity (Wildman–Crippen MR) is 87.9 cm³/mol. The van der Waals surface area contributed by atoms with Crippen molar-refractivity contribution >= 4 is 5.69 Å². The second kappa shape index (κ2) is 5.56. The number of aryl methyl sites for hydroxylation is 1. The highest BCUT2D eigenvalue weighted by atomic mass is 16.5. The number of rotatable bonds is 3. The molecule has 0 saturated carbocycles. The first-order chi connectivity index (χ1) is 10.8. The number of fused-ring (bicyclic) bond motifs is 2. The number of methoxy groups -OCH3 is 1. The third-order valence-electron chi connectivity index (χ3n) is 4.69. The summed E-state index contributed by atoms with van der Waals surface area (Å²) < 4.78 is 11.7. The van der Waals surface area contributed by atoms with E-state index in [1.54, 1.807) is 7.11 Å². The maximum absolute atomic E-state index is 6.25. The topological polar surface area (TPSA) is 30.5 Å². The van der Waals surface area contributed by atoms with Crippen molar-refractivity contribution in [3.05, 3.63) is 53.6 Å². The molecule has 2 unspecified atom stereocenters. The van der Waals surface area contributed by atoms with Gasteiger partial charge in [-0.15, -0.1) is 0 Å². The standard InChI is InChI=1S/C19H21NO2/c1-21-18-8-4-6-13-9-10-16(22-19(13)18)12-15-11-14-5-2-3-7-17(14)20-15/h2-8,15-16,20H,9-12H2,1H3. The normalized spacial score (nSPS) is 22.2. The van der Waals surface area contributed by atoms with Crippen LogP contribution in [0.5, 0.6) is 11.5 Å². The fourth-order valence-electron chi connectivity index (χ4n) is 3.60. The Balaban J connectivity index is 1.46. The van der Waals surface area contributed by atoms with Gasteiger partial charge in [-0.3, -0.25) is 0 Å². The Morgan fingerprint density at radius 1 is 1.14 bits per heavy atom. The second-order valence-corrected chi connectivity index (χ2v) is 6.17. The highest BCUT2D eigenvalue weighted by Gasteiger charge is 2.28. The van der Waals surface area contributed by atoms with E-state index in [1.165, 1.54) is 16.8 Å². The Bertz CT molecular complexity index is 644. The fourth-order valence-corrected chi connectivity index (χ4v) is 3.60. The molecule has 2 heterocycles. The van der Waals surface area contributed by atoms with Gasteiger partial charge in [0.05, 0.1) is 7.11 Å². The lowest BCUT2D eigenvalue weighted by Gasteiger charge is -2.29. The van der Waals surface area contributed by atoms with E-state index in [9.17, 15) is 0 Å². The van der Waals surface area contributed by atoms with Crippen LogP contribution < -0.4 is 14.8 Å². The van der Waals surface area contributed by atoms with Crippen LogP contribution in [-0.2, 0) is 12.8 Å². The molecule has 3 heteroatoms. The molecule has 2 atom stereocenters. The van der Waals surface area contributed by atoms with Gasteiger partial charge in [0.2, 0.25) is 0 Å². The molecule has 3 nitrogen and oxygen atoms in total. The highest BCUT2D eigenvalue weighted by Crippen LogP contribution is 2.38. The first kappa shape index (κ1) is 13.5. The van der Waals surface area contributed by atoms with Gasteiger partial charge in [0.1, 0.15) is 6.10 Å². The van der Waals surface area contributed by atoms with Crippen LogP contribution in [0.3, 0.4) is 0 Å². The van der Waals surface area contributed by atoms with Crippen LogP contribution >= 0.6 is 0 Å². The minimum absolute atomic E-state index is 0.260. The first-order valence-electron chi connectivity index (χ1n) is 8.00. The maximum atomic E-state index is 6.25. The molecular formula is C19H21NO2. The van der Waals surface area contributed by atoms with Gasteiger partial charge in [0, 0.05) is 18.2 Å². The summed E-state index contributed by atoms with van der Waals surface area (Å²) in [5.74, 6) is 1.79. The van der Waals surface area contributed by atoms with Gasteiger partial charge in [-0.05, 0) is 42.5 Å². The van der Waals surface area contributed by atoms with Crippen molar-refractivity contribution in [3.8, 4) is 11.5 Å². The number of nitrogens with one attached hydrogen (secondary N) is 1. The molecule has 0 fully saturated rings. The molecule has 0 spiro atoms. The molecule has 0 bridgehead atoms. The van der Waals surface area contributed by atoms with Gasteiger partial charge < -0.3 is 14.8 Å². The van der Waals surface area contributed by atoms with Gasteiger partial charge in [0.15, 0.2) is 11.5 Å². The maximum Gasteiger partial charge on any atom is 0.164 e. The molecule has 0 saturated heterocycles. The van der Waals surface area contributed by atoms with E-state index in [0.717, 1.165) is 37.2 Å². The monoisotopic (exact) mass is 295 g/mol. The summed E-state index contributed by atoms with van der Waals surface area (Å²) >= 11 is 0. The van der Waals surface area contributed by atoms with Gasteiger partial charge in [0.25, 0.3) is 0 Å². The molecule has 22 heavy (non-hydrogen) atoms. The first-order valence-corrected chi connectivity index (χ1v) is 8.00. The van der Waals surface area contributed by atoms with Gasteiger partial charge in [-0.2, -0.15) is 0 Å². The SMILES string of the molecule is COc1cccc2c1OC(CC1Cc3ccccc3N1)CC2. The van der Waals surface area contributed by atoms with Crippen molar-refractivity contribution in [3.63, 3.8) is 0 Å². The van der Waals surface area contributed by atoms with Crippen LogP contribution in [0, 0.1) is 0 Å². The number of benzene rings is 2. The van der Waals surface area contributed by atoms with Crippen LogP contribution in [0.4, 0.5) is 5.69 Å². The fraction of sp³-hybridized carbons (Fsp3) is 0.368. The van der Waals surface area contributed by atoms with Crippen molar-refractivity contribution in [2.24, 2.45) is 0 Å². The zero-order chi connectivity index (χ0) is 14.9. The Morgan fingerprint density at radius 2 is 2.00 bits per heavy atom. The molecular weight excluding hydrogens is 274 g/mol. The van der Waals surface area contributed by atoms with Crippen molar-refractivity contribution in [1.29, 1.82) is 0 Å². The summed E-state index contributed by atoms with van der Waals surface area (Å²) in [4.78, 5) is 0. The predicted octanol–water partition coefficient (Wildman–Crippen LogP) is 3.82. The van der Waals surface area contributed by atoms with Gasteiger partial charge in [-0.1, -0.05) is 30.3 Å². The molecule has 2 aromatic rings. The molecule has 2 aliphatic heterocycles. The number of ether oxygens (including phenoxy) is 2. The number of hydrogen-bond donors (Lipinski definition) is 1. The average molecular weight is 295 g/mol. The Labute approximate surface area is 131 Å². The zero-order valence-electron chi connectivity index (χ0n) is 12.8. The summed E-state index contributed by atoms with van der Waals surface area (Å²) in [5.41, 5.74) is 3.96. The molecule has 1 N–H and O–H groups in total. The lowest BCUT2D eigenvalue weighted by atomic mass is 9.96. The quantitative estimate of drug-likeness (QED) is 0.934. The number of hydrogen-bond acceptors (Lipinski definition) is 3. The molecule has 0 amide bonds. The molecule has 0 radical (unpaired) electrons. The molecule has 114 valence electrons. The highest BCUT2D eigenvalue weighted by molar-refractivity contribution is 5.56. The molecule has 2 aliphatic rings. The van der Waals surface area contributed by atoms with E-state index in [-0.39, 0.29) is 6.10 Å². The summed E-state index contributed by atoms with van der Waals surface area (Å²) in [5, 5.41) is 3.62. The van der Waals surface area contributed by atoms with E-state index in [2.05, 4.69) is 35.6 Å². The smallest absolute Gasteiger partial charge is 0.164 e. The van der Waals surface area contributed by atoms with Crippen LogP contribution in [0.15, 0.2) is 42.5 Å². The minimum atomic E-state index is 0.260. The zero-order valence-corrected chi connectivity index (χ0v) is 12.8. The second-order valence-electron chi connectivity index (χ2n) is 6.17. The van der Waals surface area contributed by atoms with E-state index >= 15 is 0 Å². The average Bonchev–Trinajstić information content (AvgIpc) is 2.96. The summed E-state index contributed by atoms with van der Waals surface area (Å²) in [6.45, 7) is 0. The summed E-state index contributed by atoms with van der Waals surface area (Å²) in [6.07, 6.45) is 4.53. The van der Waals surface area contributed by atoms with Gasteiger partial charge in [-0.25, -0.2) is 0 Å². The summed E-state index contributed by atoms with van der Waals surface area (Å²) in [7, 11) is 1.71. The number of para-hydroxylation sites is 2. The van der Waals surface area contributed by atoms with Crippen LogP contribution in [0.1, 0.15) is 24.0 Å². The van der Waals surface area contributed by atoms with E-state index < -0.39 is 0 Å². The molecule has 0 aromatic heterocycles. The van der Waals surface area contributed by atoms with E-state index in [0.29, 0.717) is 6.04 Å². The van der Waals surface area contributed by atoms with E-state index in [1.807, 2.05) is 12.1 Å². The third kappa shape index (κ3) is 2.41. The van der Waals surface area contributed by atoms with E-state index in [4.69, 9.17) is 9.47 Å². The molecule has 2 aromatic carbocycles. The van der Waals surface area contributed by atoms with Crippen molar-refractivity contribution in [2.75, 3.05) is 12.4 Å². The van der Waals surface area contributed by atoms with Crippen molar-refractivity contribution < 1.29 is 9.47 Å². The Morgan fingerprint density at radius 3 is 2.86 bits per heavy atom. The summed E-state index contributed by atoms with van der Waals surface area (Å²) in [6, 6.07) is 15.2. The minimum Gasteiger partial charge on any atom is -0.493 e. The Kier molecular flexibility index (Phi) is 3.41. The molecule has 0 aliphatic carbocycles. The Hall–Kier alpha value is -2.16. The van der Waals surface area contributed by atoms with Crippen LogP contribution in [0.25, 0.3) is 0 Å². The lowest BCUT2D eigenvalue weighted by Crippen LogP contribution is -2.30. The third-order valence-corrected chi connectivity index (χ3v) is 4.69. The lowest BCUT2D eigenvalue weighted by molar-refractivity contribution is 0.152. The largest absolute Gasteiger partial charge is 0.493 e. The van der Waals surface area contributed by atoms with Crippen LogP contribution in [-0.4, -0.2) is 19.3 Å². The molecule has 4 rings (SSSR count). The number of anilines is 1.